The first-order valence-corrected chi connectivity index (χ1v) is 5.70. The van der Waals surface area contributed by atoms with Crippen LogP contribution in [-0.4, -0.2) is 37.1 Å². The zero-order valence-electron chi connectivity index (χ0n) is 11.9. The van der Waals surface area contributed by atoms with Crippen molar-refractivity contribution in [1.29, 1.82) is 0 Å². The lowest BCUT2D eigenvalue weighted by Gasteiger charge is -2.08. The molecule has 10 nitrogen and oxygen atoms in total. The Morgan fingerprint density at radius 1 is 1.05 bits per heavy atom. The summed E-state index contributed by atoms with van der Waals surface area (Å²) in [5.41, 5.74) is -1.84. The molecule has 118 valence electrons. The van der Waals surface area contributed by atoms with Crippen molar-refractivity contribution >= 4 is 23.4 Å². The maximum Gasteiger partial charge on any atom is 0.338 e. The van der Waals surface area contributed by atoms with E-state index in [1.54, 1.807) is 0 Å². The Kier molecular flexibility index (Phi) is 5.38. The molecule has 0 atom stereocenters. The van der Waals surface area contributed by atoms with E-state index < -0.39 is 27.2 Å². The van der Waals surface area contributed by atoms with Gasteiger partial charge in [0, 0.05) is 12.1 Å². The van der Waals surface area contributed by atoms with E-state index in [4.69, 9.17) is 9.47 Å². The van der Waals surface area contributed by atoms with Crippen molar-refractivity contribution < 1.29 is 28.9 Å². The summed E-state index contributed by atoms with van der Waals surface area (Å²) in [5.74, 6) is -1.09. The second-order valence-electron chi connectivity index (χ2n) is 3.80. The molecule has 0 fully saturated rings. The topological polar surface area (TPSA) is 131 Å². The number of benzene rings is 1. The third-order valence-electron chi connectivity index (χ3n) is 2.62. The van der Waals surface area contributed by atoms with Crippen LogP contribution in [0.4, 0.5) is 11.4 Å². The van der Waals surface area contributed by atoms with Crippen LogP contribution >= 0.6 is 0 Å². The van der Waals surface area contributed by atoms with Gasteiger partial charge in [-0.2, -0.15) is 0 Å². The largest absolute Gasteiger partial charge is 0.469 e. The van der Waals surface area contributed by atoms with E-state index in [9.17, 15) is 25.0 Å². The van der Waals surface area contributed by atoms with E-state index in [1.165, 1.54) is 14.2 Å². The molecule has 0 amide bonds. The number of nitrogens with zero attached hydrogens (tertiary/aromatic N) is 2. The zero-order valence-corrected chi connectivity index (χ0v) is 11.9. The summed E-state index contributed by atoms with van der Waals surface area (Å²) >= 11 is 0. The van der Waals surface area contributed by atoms with Gasteiger partial charge in [0.2, 0.25) is 0 Å². The molecular weight excluding hydrogens is 300 g/mol. The summed E-state index contributed by atoms with van der Waals surface area (Å²) in [6.07, 6.45) is 1.08. The maximum atomic E-state index is 11.8. The van der Waals surface area contributed by atoms with Gasteiger partial charge >= 0.3 is 5.97 Å². The van der Waals surface area contributed by atoms with Crippen molar-refractivity contribution in [3.05, 3.63) is 49.4 Å². The number of nitro groups is 2. The van der Waals surface area contributed by atoms with Crippen LogP contribution < -0.4 is 0 Å². The Bertz CT molecular complexity index is 647. The molecule has 22 heavy (non-hydrogen) atoms. The van der Waals surface area contributed by atoms with Gasteiger partial charge in [0.1, 0.15) is 0 Å². The Morgan fingerprint density at radius 2 is 1.64 bits per heavy atom. The van der Waals surface area contributed by atoms with Crippen molar-refractivity contribution in [2.45, 2.75) is 0 Å². The first-order valence-electron chi connectivity index (χ1n) is 5.70. The lowest BCUT2D eigenvalue weighted by molar-refractivity contribution is -0.394. The van der Waals surface area contributed by atoms with Crippen LogP contribution in [-0.2, 0) is 14.2 Å². The lowest BCUT2D eigenvalue weighted by Crippen LogP contribution is -2.08. The van der Waals surface area contributed by atoms with Gasteiger partial charge in [0.25, 0.3) is 17.3 Å². The minimum Gasteiger partial charge on any atom is -0.469 e. The molecule has 0 N–H and O–H groups in total. The summed E-state index contributed by atoms with van der Waals surface area (Å²) in [5, 5.41) is 22.0. The monoisotopic (exact) mass is 312 g/mol. The Morgan fingerprint density at radius 3 is 2.05 bits per heavy atom. The summed E-state index contributed by atoms with van der Waals surface area (Å²) < 4.78 is 14.1. The molecule has 10 heteroatoms. The summed E-state index contributed by atoms with van der Waals surface area (Å²) in [6, 6.07) is 1.62. The molecular formula is C12H12N2O8. The minimum absolute atomic E-state index is 0.123. The number of ether oxygens (including phenoxy) is 3. The number of methoxy groups -OCH3 is 3. The predicted molar refractivity (Wildman–Crippen MR) is 73.1 cm³/mol. The van der Waals surface area contributed by atoms with Crippen LogP contribution in [0.25, 0.3) is 6.08 Å². The number of rotatable bonds is 6. The van der Waals surface area contributed by atoms with Gasteiger partial charge in [-0.15, -0.1) is 0 Å². The number of non-ortho nitro benzene ring substituents is 1. The van der Waals surface area contributed by atoms with E-state index in [0.29, 0.717) is 0 Å². The second kappa shape index (κ2) is 7.02. The second-order valence-corrected chi connectivity index (χ2v) is 3.80. The fourth-order valence-corrected chi connectivity index (χ4v) is 1.63. The fraction of sp³-hybridized carbons (Fsp3) is 0.250. The molecule has 0 aliphatic rings. The van der Waals surface area contributed by atoms with Gasteiger partial charge in [0.05, 0.1) is 48.4 Å². The third-order valence-corrected chi connectivity index (χ3v) is 2.62. The Balaban J connectivity index is 3.75. The normalized spacial score (nSPS) is 9.59. The van der Waals surface area contributed by atoms with Crippen LogP contribution in [0.1, 0.15) is 15.9 Å². The van der Waals surface area contributed by atoms with E-state index >= 15 is 0 Å². The van der Waals surface area contributed by atoms with Crippen LogP contribution in [0.15, 0.2) is 18.1 Å². The summed E-state index contributed by atoms with van der Waals surface area (Å²) in [7, 11) is 3.56. The van der Waals surface area contributed by atoms with Crippen molar-refractivity contribution in [2.24, 2.45) is 0 Å². The third kappa shape index (κ3) is 3.48. The minimum atomic E-state index is -0.968. The van der Waals surface area contributed by atoms with Crippen LogP contribution in [0, 0.1) is 20.2 Å². The van der Waals surface area contributed by atoms with E-state index in [-0.39, 0.29) is 17.1 Å². The zero-order chi connectivity index (χ0) is 16.9. The van der Waals surface area contributed by atoms with E-state index in [1.807, 2.05) is 0 Å². The van der Waals surface area contributed by atoms with Gasteiger partial charge in [0.15, 0.2) is 0 Å². The molecule has 1 aromatic rings. The number of carbonyl (C=O) groups excluding carboxylic acids is 1. The molecule has 0 bridgehead atoms. The number of hydrogen-bond acceptors (Lipinski definition) is 8. The highest BCUT2D eigenvalue weighted by atomic mass is 16.7. The smallest absolute Gasteiger partial charge is 0.338 e. The van der Waals surface area contributed by atoms with Gasteiger partial charge in [-0.3, -0.25) is 20.2 Å². The molecule has 1 rings (SSSR count). The number of esters is 1. The van der Waals surface area contributed by atoms with E-state index in [2.05, 4.69) is 4.74 Å². The van der Waals surface area contributed by atoms with Gasteiger partial charge < -0.3 is 14.2 Å². The molecule has 1 aromatic carbocycles. The number of carbonyl (C=O) groups is 1. The SMILES string of the molecule is COC(=O)c1cc([N+](=O)[O-])cc([N+](=O)[O-])c1C=C(OC)OC. The molecule has 0 spiro atoms. The molecule has 0 radical (unpaired) electrons. The van der Waals surface area contributed by atoms with E-state index in [0.717, 1.165) is 25.3 Å². The number of hydrogen-bond donors (Lipinski definition) is 0. The summed E-state index contributed by atoms with van der Waals surface area (Å²) in [6.45, 7) is 0. The van der Waals surface area contributed by atoms with Crippen LogP contribution in [0.5, 0.6) is 0 Å². The Hall–Kier alpha value is -3.17. The molecule has 0 saturated heterocycles. The molecule has 0 aliphatic carbocycles. The lowest BCUT2D eigenvalue weighted by atomic mass is 10.0. The predicted octanol–water partition coefficient (Wildman–Crippen LogP) is 1.88. The number of nitro benzene ring substituents is 2. The summed E-state index contributed by atoms with van der Waals surface area (Å²) in [4.78, 5) is 32.1. The first-order chi connectivity index (χ1) is 10.3. The molecule has 0 unspecified atom stereocenters. The molecule has 0 aromatic heterocycles. The van der Waals surface area contributed by atoms with Gasteiger partial charge in [-0.05, 0) is 0 Å². The van der Waals surface area contributed by atoms with Crippen LogP contribution in [0.3, 0.4) is 0 Å². The van der Waals surface area contributed by atoms with Gasteiger partial charge in [-0.1, -0.05) is 0 Å². The highest BCUT2D eigenvalue weighted by Crippen LogP contribution is 2.31. The van der Waals surface area contributed by atoms with Crippen molar-refractivity contribution in [3.63, 3.8) is 0 Å². The quantitative estimate of drug-likeness (QED) is 0.336. The molecule has 0 saturated carbocycles. The average Bonchev–Trinajstić information content (AvgIpc) is 2.50. The Labute approximate surface area is 124 Å². The van der Waals surface area contributed by atoms with Crippen molar-refractivity contribution in [2.75, 3.05) is 21.3 Å². The van der Waals surface area contributed by atoms with Crippen molar-refractivity contribution in [1.82, 2.24) is 0 Å². The van der Waals surface area contributed by atoms with Crippen LogP contribution in [0.2, 0.25) is 0 Å². The average molecular weight is 312 g/mol. The molecule has 0 aliphatic heterocycles. The van der Waals surface area contributed by atoms with Crippen molar-refractivity contribution in [3.8, 4) is 0 Å². The highest BCUT2D eigenvalue weighted by Gasteiger charge is 2.27. The maximum absolute atomic E-state index is 11.8. The standard InChI is InChI=1S/C12H12N2O8/c1-20-11(21-2)6-8-9(12(15)22-3)4-7(13(16)17)5-10(8)14(18)19/h4-6H,1-3H3. The first kappa shape index (κ1) is 16.9. The highest BCUT2D eigenvalue weighted by molar-refractivity contribution is 5.96. The van der Waals surface area contributed by atoms with Gasteiger partial charge in [-0.25, -0.2) is 4.79 Å². The fourth-order valence-electron chi connectivity index (χ4n) is 1.63. The molecule has 0 heterocycles.